The van der Waals surface area contributed by atoms with Crippen molar-refractivity contribution in [2.75, 3.05) is 0 Å². The molecular formula is C14H20N4O. The molecule has 0 saturated heterocycles. The van der Waals surface area contributed by atoms with Crippen LogP contribution in [0.5, 0.6) is 0 Å². The first-order chi connectivity index (χ1) is 9.06. The van der Waals surface area contributed by atoms with E-state index in [-0.39, 0.29) is 12.1 Å². The number of rotatable bonds is 4. The average molecular weight is 260 g/mol. The number of nitrogens with zero attached hydrogens (tertiary/aromatic N) is 3. The van der Waals surface area contributed by atoms with Crippen LogP contribution in [0.1, 0.15) is 29.6 Å². The molecule has 19 heavy (non-hydrogen) atoms. The molecular weight excluding hydrogens is 240 g/mol. The summed E-state index contributed by atoms with van der Waals surface area (Å²) >= 11 is 0. The van der Waals surface area contributed by atoms with E-state index in [1.165, 1.54) is 0 Å². The number of hydrogen-bond acceptors (Lipinski definition) is 3. The van der Waals surface area contributed by atoms with E-state index in [9.17, 15) is 4.79 Å². The fourth-order valence-electron chi connectivity index (χ4n) is 2.12. The van der Waals surface area contributed by atoms with Gasteiger partial charge in [0.15, 0.2) is 0 Å². The highest BCUT2D eigenvalue weighted by Gasteiger charge is 2.09. The Morgan fingerprint density at radius 2 is 2.11 bits per heavy atom. The molecule has 0 spiro atoms. The number of nitrogens with two attached hydrogens (primary N) is 1. The lowest BCUT2D eigenvalue weighted by Gasteiger charge is -2.11. The van der Waals surface area contributed by atoms with Crippen LogP contribution >= 0.6 is 0 Å². The molecule has 102 valence electrons. The van der Waals surface area contributed by atoms with Crippen LogP contribution in [0.4, 0.5) is 0 Å². The number of hydrogen-bond donors (Lipinski definition) is 1. The van der Waals surface area contributed by atoms with Gasteiger partial charge in [-0.25, -0.2) is 0 Å². The van der Waals surface area contributed by atoms with E-state index in [0.717, 1.165) is 23.5 Å². The molecule has 0 saturated carbocycles. The Morgan fingerprint density at radius 1 is 1.37 bits per heavy atom. The zero-order chi connectivity index (χ0) is 14.0. The zero-order valence-corrected chi connectivity index (χ0v) is 11.7. The first-order valence-corrected chi connectivity index (χ1v) is 6.48. The van der Waals surface area contributed by atoms with Gasteiger partial charge in [0.1, 0.15) is 0 Å². The van der Waals surface area contributed by atoms with Gasteiger partial charge in [-0.2, -0.15) is 5.10 Å². The Balaban J connectivity index is 2.43. The van der Waals surface area contributed by atoms with Crippen LogP contribution in [0.3, 0.4) is 0 Å². The summed E-state index contributed by atoms with van der Waals surface area (Å²) in [5.41, 5.74) is 9.21. The van der Waals surface area contributed by atoms with Gasteiger partial charge < -0.3 is 10.3 Å². The molecule has 0 radical (unpaired) electrons. The summed E-state index contributed by atoms with van der Waals surface area (Å²) in [4.78, 5) is 12.3. The van der Waals surface area contributed by atoms with E-state index in [2.05, 4.69) is 12.0 Å². The van der Waals surface area contributed by atoms with Crippen LogP contribution in [0, 0.1) is 6.92 Å². The fourth-order valence-corrected chi connectivity index (χ4v) is 2.12. The van der Waals surface area contributed by atoms with Crippen molar-refractivity contribution in [3.8, 4) is 0 Å². The molecule has 0 atom stereocenters. The van der Waals surface area contributed by atoms with E-state index in [1.807, 2.05) is 30.8 Å². The second kappa shape index (κ2) is 5.40. The van der Waals surface area contributed by atoms with Crippen molar-refractivity contribution < 1.29 is 0 Å². The van der Waals surface area contributed by atoms with Crippen LogP contribution < -0.4 is 11.3 Å². The summed E-state index contributed by atoms with van der Waals surface area (Å²) in [6, 6.07) is 5.77. The molecule has 0 bridgehead atoms. The van der Waals surface area contributed by atoms with Gasteiger partial charge in [0.25, 0.3) is 5.56 Å². The van der Waals surface area contributed by atoms with Gasteiger partial charge in [-0.05, 0) is 25.5 Å². The number of aromatic nitrogens is 3. The van der Waals surface area contributed by atoms with Gasteiger partial charge in [-0.1, -0.05) is 13.0 Å². The predicted molar refractivity (Wildman–Crippen MR) is 75.0 cm³/mol. The second-order valence-corrected chi connectivity index (χ2v) is 4.70. The van der Waals surface area contributed by atoms with Crippen molar-refractivity contribution in [1.82, 2.24) is 14.3 Å². The first kappa shape index (κ1) is 13.5. The normalized spacial score (nSPS) is 10.9. The molecule has 2 rings (SSSR count). The quantitative estimate of drug-likeness (QED) is 0.890. The van der Waals surface area contributed by atoms with Crippen molar-refractivity contribution in [3.05, 3.63) is 51.2 Å². The average Bonchev–Trinajstić information content (AvgIpc) is 2.75. The van der Waals surface area contributed by atoms with Crippen molar-refractivity contribution >= 4 is 0 Å². The molecule has 2 N–H and O–H groups in total. The van der Waals surface area contributed by atoms with Crippen molar-refractivity contribution in [2.24, 2.45) is 12.8 Å². The van der Waals surface area contributed by atoms with E-state index in [0.29, 0.717) is 12.1 Å². The molecule has 0 aliphatic carbocycles. The minimum atomic E-state index is -0.0123. The van der Waals surface area contributed by atoms with Crippen LogP contribution in [-0.4, -0.2) is 14.3 Å². The summed E-state index contributed by atoms with van der Waals surface area (Å²) in [5.74, 6) is 0. The molecule has 5 nitrogen and oxygen atoms in total. The third-order valence-electron chi connectivity index (χ3n) is 3.40. The third kappa shape index (κ3) is 2.61. The molecule has 2 heterocycles. The maximum Gasteiger partial charge on any atom is 0.255 e. The standard InChI is InChI=1S/C14H20N4O/c1-4-12-7-13(17(3)16-12)9-18-10(2)5-6-11(8-15)14(18)19/h5-7H,4,8-9,15H2,1-3H3. The lowest BCUT2D eigenvalue weighted by Crippen LogP contribution is -2.27. The van der Waals surface area contributed by atoms with E-state index >= 15 is 0 Å². The summed E-state index contributed by atoms with van der Waals surface area (Å²) in [6.45, 7) is 4.80. The van der Waals surface area contributed by atoms with Crippen LogP contribution in [-0.2, 0) is 26.6 Å². The second-order valence-electron chi connectivity index (χ2n) is 4.70. The highest BCUT2D eigenvalue weighted by Crippen LogP contribution is 2.07. The monoisotopic (exact) mass is 260 g/mol. The van der Waals surface area contributed by atoms with Crippen LogP contribution in [0.15, 0.2) is 23.0 Å². The highest BCUT2D eigenvalue weighted by atomic mass is 16.1. The summed E-state index contributed by atoms with van der Waals surface area (Å²) < 4.78 is 3.58. The lowest BCUT2D eigenvalue weighted by atomic mass is 10.2. The van der Waals surface area contributed by atoms with Gasteiger partial charge in [0.05, 0.1) is 17.9 Å². The lowest BCUT2D eigenvalue weighted by molar-refractivity contribution is 0.634. The van der Waals surface area contributed by atoms with Gasteiger partial charge in [-0.15, -0.1) is 0 Å². The Bertz CT molecular complexity index is 639. The highest BCUT2D eigenvalue weighted by molar-refractivity contribution is 5.18. The number of pyridine rings is 1. The molecule has 2 aromatic rings. The van der Waals surface area contributed by atoms with Gasteiger partial charge in [0, 0.05) is 24.8 Å². The molecule has 2 aromatic heterocycles. The Hall–Kier alpha value is -1.88. The fraction of sp³-hybridized carbons (Fsp3) is 0.429. The Morgan fingerprint density at radius 3 is 2.68 bits per heavy atom. The topological polar surface area (TPSA) is 65.8 Å². The minimum absolute atomic E-state index is 0.0123. The van der Waals surface area contributed by atoms with Crippen molar-refractivity contribution in [1.29, 1.82) is 0 Å². The molecule has 0 aromatic carbocycles. The maximum absolute atomic E-state index is 12.3. The first-order valence-electron chi connectivity index (χ1n) is 6.48. The van der Waals surface area contributed by atoms with Gasteiger partial charge >= 0.3 is 0 Å². The Kier molecular flexibility index (Phi) is 3.85. The van der Waals surface area contributed by atoms with E-state index in [4.69, 9.17) is 5.73 Å². The van der Waals surface area contributed by atoms with Crippen LogP contribution in [0.2, 0.25) is 0 Å². The zero-order valence-electron chi connectivity index (χ0n) is 11.7. The van der Waals surface area contributed by atoms with E-state index in [1.54, 1.807) is 10.6 Å². The number of aryl methyl sites for hydroxylation is 3. The van der Waals surface area contributed by atoms with Crippen molar-refractivity contribution in [3.63, 3.8) is 0 Å². The van der Waals surface area contributed by atoms with Crippen molar-refractivity contribution in [2.45, 2.75) is 33.4 Å². The molecule has 0 aliphatic rings. The van der Waals surface area contributed by atoms with Gasteiger partial charge in [0.2, 0.25) is 0 Å². The smallest absolute Gasteiger partial charge is 0.255 e. The minimum Gasteiger partial charge on any atom is -0.326 e. The summed E-state index contributed by atoms with van der Waals surface area (Å²) in [7, 11) is 1.90. The molecule has 0 fully saturated rings. The SMILES string of the molecule is CCc1cc(Cn2c(C)ccc(CN)c2=O)n(C)n1. The van der Waals surface area contributed by atoms with Crippen LogP contribution in [0.25, 0.3) is 0 Å². The Labute approximate surface area is 112 Å². The summed E-state index contributed by atoms with van der Waals surface area (Å²) in [6.07, 6.45) is 0.893. The molecule has 0 amide bonds. The molecule has 0 unspecified atom stereocenters. The largest absolute Gasteiger partial charge is 0.326 e. The maximum atomic E-state index is 12.3. The predicted octanol–water partition coefficient (Wildman–Crippen LogP) is 0.960. The third-order valence-corrected chi connectivity index (χ3v) is 3.40. The molecule has 0 aliphatic heterocycles. The summed E-state index contributed by atoms with van der Waals surface area (Å²) in [5, 5.41) is 4.40. The molecule has 5 heteroatoms. The van der Waals surface area contributed by atoms with E-state index < -0.39 is 0 Å². The van der Waals surface area contributed by atoms with Gasteiger partial charge in [-0.3, -0.25) is 9.48 Å².